The van der Waals surface area contributed by atoms with Crippen molar-refractivity contribution in [2.75, 3.05) is 6.61 Å². The van der Waals surface area contributed by atoms with Gasteiger partial charge in [-0.15, -0.1) is 0 Å². The van der Waals surface area contributed by atoms with E-state index < -0.39 is 0 Å². The van der Waals surface area contributed by atoms with Crippen LogP contribution in [0.15, 0.2) is 79.3 Å². The van der Waals surface area contributed by atoms with Gasteiger partial charge in [0.1, 0.15) is 30.1 Å². The molecule has 0 atom stereocenters. The maximum atomic E-state index is 10.7. The van der Waals surface area contributed by atoms with Gasteiger partial charge in [-0.3, -0.25) is 0 Å². The molecule has 0 spiro atoms. The van der Waals surface area contributed by atoms with Crippen LogP contribution in [0.3, 0.4) is 0 Å². The average Bonchev–Trinajstić information content (AvgIpc) is 2.81. The minimum Gasteiger partial charge on any atom is -0.507 e. The van der Waals surface area contributed by atoms with Crippen molar-refractivity contribution in [3.63, 3.8) is 0 Å². The third-order valence-corrected chi connectivity index (χ3v) is 4.93. The molecular formula is C26H24N2O4. The molecule has 0 aliphatic carbocycles. The summed E-state index contributed by atoms with van der Waals surface area (Å²) in [5.41, 5.74) is 3.23. The number of hydrogen-bond acceptors (Lipinski definition) is 6. The van der Waals surface area contributed by atoms with Gasteiger partial charge in [0.15, 0.2) is 17.2 Å². The van der Waals surface area contributed by atoms with Crippen LogP contribution in [-0.2, 0) is 6.61 Å². The highest BCUT2D eigenvalue weighted by Crippen LogP contribution is 2.39. The predicted octanol–water partition coefficient (Wildman–Crippen LogP) is 5.93. The van der Waals surface area contributed by atoms with E-state index in [4.69, 9.17) is 14.2 Å². The zero-order valence-electron chi connectivity index (χ0n) is 18.0. The number of aromatic nitrogens is 2. The minimum atomic E-state index is 0.0360. The summed E-state index contributed by atoms with van der Waals surface area (Å²) >= 11 is 0. The smallest absolute Gasteiger partial charge is 0.172 e. The molecule has 0 saturated carbocycles. The monoisotopic (exact) mass is 428 g/mol. The van der Waals surface area contributed by atoms with Gasteiger partial charge in [-0.2, -0.15) is 0 Å². The van der Waals surface area contributed by atoms with Gasteiger partial charge in [0.25, 0.3) is 0 Å². The topological polar surface area (TPSA) is 73.7 Å². The second kappa shape index (κ2) is 9.83. The molecule has 1 N–H and O–H groups in total. The normalized spacial score (nSPS) is 10.6. The molecule has 0 bridgehead atoms. The summed E-state index contributed by atoms with van der Waals surface area (Å²) < 4.78 is 17.6. The fourth-order valence-corrected chi connectivity index (χ4v) is 3.26. The van der Waals surface area contributed by atoms with Crippen LogP contribution in [0.4, 0.5) is 0 Å². The lowest BCUT2D eigenvalue weighted by Gasteiger charge is -2.14. The predicted molar refractivity (Wildman–Crippen MR) is 122 cm³/mol. The first-order valence-electron chi connectivity index (χ1n) is 10.4. The fraction of sp³-hybridized carbons (Fsp3) is 0.154. The Morgan fingerprint density at radius 1 is 0.875 bits per heavy atom. The van der Waals surface area contributed by atoms with Crippen LogP contribution in [-0.4, -0.2) is 21.7 Å². The molecule has 3 aromatic carbocycles. The first kappa shape index (κ1) is 21.2. The maximum absolute atomic E-state index is 10.7. The largest absolute Gasteiger partial charge is 0.507 e. The summed E-state index contributed by atoms with van der Waals surface area (Å²) in [6.07, 6.45) is 2.98. The lowest BCUT2D eigenvalue weighted by molar-refractivity contribution is 0.303. The number of aromatic hydroxyl groups is 1. The quantitative estimate of drug-likeness (QED) is 0.375. The van der Waals surface area contributed by atoms with Gasteiger partial charge in [0.2, 0.25) is 0 Å². The summed E-state index contributed by atoms with van der Waals surface area (Å²) in [5.74, 6) is 2.17. The zero-order valence-corrected chi connectivity index (χ0v) is 18.0. The molecule has 32 heavy (non-hydrogen) atoms. The Balaban J connectivity index is 1.57. The molecule has 0 radical (unpaired) electrons. The van der Waals surface area contributed by atoms with Gasteiger partial charge in [-0.1, -0.05) is 36.4 Å². The SMILES string of the molecule is CCOc1ccccc1Oc1cncnc1-c1ccc(OCc2ccccc2C)cc1O. The summed E-state index contributed by atoms with van der Waals surface area (Å²) in [6.45, 7) is 4.89. The van der Waals surface area contributed by atoms with E-state index in [-0.39, 0.29) is 5.75 Å². The first-order chi connectivity index (χ1) is 15.7. The van der Waals surface area contributed by atoms with E-state index in [0.29, 0.717) is 47.5 Å². The van der Waals surface area contributed by atoms with E-state index in [1.165, 1.54) is 6.33 Å². The Hall–Kier alpha value is -4.06. The minimum absolute atomic E-state index is 0.0360. The molecule has 1 aromatic heterocycles. The maximum Gasteiger partial charge on any atom is 0.172 e. The van der Waals surface area contributed by atoms with Gasteiger partial charge in [-0.25, -0.2) is 9.97 Å². The standard InChI is InChI=1S/C26H24N2O4/c1-3-30-23-10-6-7-11-24(23)32-25-15-27-17-28-26(25)21-13-12-20(14-22(21)29)31-16-19-9-5-4-8-18(19)2/h4-15,17,29H,3,16H2,1-2H3. The van der Waals surface area contributed by atoms with Gasteiger partial charge in [0, 0.05) is 11.6 Å². The molecule has 0 fully saturated rings. The number of phenols is 1. The third-order valence-electron chi connectivity index (χ3n) is 4.93. The lowest BCUT2D eigenvalue weighted by atomic mass is 10.1. The van der Waals surface area contributed by atoms with Crippen molar-refractivity contribution in [1.29, 1.82) is 0 Å². The highest BCUT2D eigenvalue weighted by Gasteiger charge is 2.16. The van der Waals surface area contributed by atoms with Crippen molar-refractivity contribution < 1.29 is 19.3 Å². The molecule has 162 valence electrons. The van der Waals surface area contributed by atoms with Crippen LogP contribution < -0.4 is 14.2 Å². The highest BCUT2D eigenvalue weighted by atomic mass is 16.5. The van der Waals surface area contributed by atoms with Crippen LogP contribution >= 0.6 is 0 Å². The summed E-state index contributed by atoms with van der Waals surface area (Å²) in [4.78, 5) is 8.42. The van der Waals surface area contributed by atoms with Crippen LogP contribution in [0.2, 0.25) is 0 Å². The van der Waals surface area contributed by atoms with E-state index in [2.05, 4.69) is 9.97 Å². The number of phenolic OH excluding ortho intramolecular Hbond substituents is 1. The van der Waals surface area contributed by atoms with E-state index in [9.17, 15) is 5.11 Å². The number of para-hydroxylation sites is 2. The second-order valence-corrected chi connectivity index (χ2v) is 7.11. The van der Waals surface area contributed by atoms with Gasteiger partial charge in [-0.05, 0) is 49.2 Å². The Morgan fingerprint density at radius 3 is 2.44 bits per heavy atom. The molecule has 0 aliphatic rings. The van der Waals surface area contributed by atoms with Crippen molar-refractivity contribution in [1.82, 2.24) is 9.97 Å². The molecule has 0 aliphatic heterocycles. The van der Waals surface area contributed by atoms with Crippen molar-refractivity contribution >= 4 is 0 Å². The summed E-state index contributed by atoms with van der Waals surface area (Å²) in [6, 6.07) is 20.5. The Morgan fingerprint density at radius 2 is 1.66 bits per heavy atom. The average molecular weight is 428 g/mol. The van der Waals surface area contributed by atoms with Gasteiger partial charge < -0.3 is 19.3 Å². The molecule has 0 amide bonds. The molecule has 6 heteroatoms. The Bertz CT molecular complexity index is 1210. The number of aryl methyl sites for hydroxylation is 1. The highest BCUT2D eigenvalue weighted by molar-refractivity contribution is 5.73. The molecule has 1 heterocycles. The number of hydrogen-bond donors (Lipinski definition) is 1. The van der Waals surface area contributed by atoms with E-state index in [1.54, 1.807) is 24.4 Å². The molecule has 4 rings (SSSR count). The van der Waals surface area contributed by atoms with Crippen LogP contribution in [0.25, 0.3) is 11.3 Å². The van der Waals surface area contributed by atoms with Crippen LogP contribution in [0.5, 0.6) is 28.7 Å². The third kappa shape index (κ3) is 4.81. The summed E-state index contributed by atoms with van der Waals surface area (Å²) in [5, 5.41) is 10.7. The van der Waals surface area contributed by atoms with Crippen LogP contribution in [0.1, 0.15) is 18.1 Å². The van der Waals surface area contributed by atoms with E-state index >= 15 is 0 Å². The second-order valence-electron chi connectivity index (χ2n) is 7.11. The molecule has 6 nitrogen and oxygen atoms in total. The number of benzene rings is 3. The molecular weight excluding hydrogens is 404 g/mol. The number of ether oxygens (including phenoxy) is 3. The molecule has 4 aromatic rings. The zero-order chi connectivity index (χ0) is 22.3. The van der Waals surface area contributed by atoms with E-state index in [1.807, 2.05) is 62.4 Å². The number of nitrogens with zero attached hydrogens (tertiary/aromatic N) is 2. The first-order valence-corrected chi connectivity index (χ1v) is 10.4. The molecule has 0 unspecified atom stereocenters. The summed E-state index contributed by atoms with van der Waals surface area (Å²) in [7, 11) is 0. The molecule has 0 saturated heterocycles. The van der Waals surface area contributed by atoms with Gasteiger partial charge in [0.05, 0.1) is 12.8 Å². The van der Waals surface area contributed by atoms with Gasteiger partial charge >= 0.3 is 0 Å². The van der Waals surface area contributed by atoms with E-state index in [0.717, 1.165) is 11.1 Å². The van der Waals surface area contributed by atoms with Crippen molar-refractivity contribution in [2.45, 2.75) is 20.5 Å². The van der Waals surface area contributed by atoms with Crippen molar-refractivity contribution in [2.24, 2.45) is 0 Å². The fourth-order valence-electron chi connectivity index (χ4n) is 3.26. The van der Waals surface area contributed by atoms with Crippen molar-refractivity contribution in [3.05, 3.63) is 90.4 Å². The van der Waals surface area contributed by atoms with Crippen LogP contribution in [0, 0.1) is 6.92 Å². The Kier molecular flexibility index (Phi) is 6.51. The number of rotatable bonds is 8. The van der Waals surface area contributed by atoms with Crippen molar-refractivity contribution in [3.8, 4) is 40.0 Å². The lowest BCUT2D eigenvalue weighted by Crippen LogP contribution is -1.98. The Labute approximate surface area is 187 Å².